The first-order chi connectivity index (χ1) is 13.7. The van der Waals surface area contributed by atoms with Crippen LogP contribution >= 0.6 is 0 Å². The van der Waals surface area contributed by atoms with E-state index in [-0.39, 0.29) is 5.91 Å². The van der Waals surface area contributed by atoms with E-state index in [0.29, 0.717) is 12.1 Å². The molecule has 0 radical (unpaired) electrons. The molecule has 1 heterocycles. The van der Waals surface area contributed by atoms with Crippen LogP contribution in [0.3, 0.4) is 0 Å². The van der Waals surface area contributed by atoms with Crippen molar-refractivity contribution in [2.45, 2.75) is 13.5 Å². The van der Waals surface area contributed by atoms with Gasteiger partial charge in [0.2, 0.25) is 0 Å². The molecule has 0 spiro atoms. The van der Waals surface area contributed by atoms with Crippen LogP contribution in [-0.4, -0.2) is 15.7 Å². The average Bonchev–Trinajstić information content (AvgIpc) is 3.15. The number of hydrogen-bond donors (Lipinski definition) is 1. The van der Waals surface area contributed by atoms with Gasteiger partial charge in [-0.3, -0.25) is 4.79 Å². The van der Waals surface area contributed by atoms with Gasteiger partial charge in [-0.1, -0.05) is 60.7 Å². The maximum atomic E-state index is 12.4. The lowest BCUT2D eigenvalue weighted by Crippen LogP contribution is -2.22. The maximum Gasteiger partial charge on any atom is 0.251 e. The van der Waals surface area contributed by atoms with Crippen molar-refractivity contribution in [1.82, 2.24) is 15.1 Å². The lowest BCUT2D eigenvalue weighted by Gasteiger charge is -2.09. The highest BCUT2D eigenvalue weighted by atomic mass is 16.1. The quantitative estimate of drug-likeness (QED) is 0.552. The van der Waals surface area contributed by atoms with E-state index < -0.39 is 0 Å². The van der Waals surface area contributed by atoms with E-state index >= 15 is 0 Å². The van der Waals surface area contributed by atoms with Gasteiger partial charge in [0, 0.05) is 17.7 Å². The minimum Gasteiger partial charge on any atom is -0.348 e. The molecule has 3 aromatic carbocycles. The number of hydrogen-bond acceptors (Lipinski definition) is 2. The Balaban J connectivity index is 1.53. The molecule has 0 saturated heterocycles. The third-order valence-electron chi connectivity index (χ3n) is 4.57. The van der Waals surface area contributed by atoms with Gasteiger partial charge in [0.15, 0.2) is 0 Å². The molecule has 0 saturated carbocycles. The molecule has 0 aliphatic rings. The fourth-order valence-electron chi connectivity index (χ4n) is 3.15. The maximum absolute atomic E-state index is 12.4. The lowest BCUT2D eigenvalue weighted by molar-refractivity contribution is 0.0951. The standard InChI is InChI=1S/C24H21N3O/c1-18-16-23(20-10-6-3-7-11-20)27(26-18)22-14-12-21(13-15-22)24(28)25-17-19-8-4-2-5-9-19/h2-16H,17H2,1H3,(H,25,28). The Hall–Kier alpha value is -3.66. The number of benzene rings is 3. The first kappa shape index (κ1) is 17.7. The number of nitrogens with zero attached hydrogens (tertiary/aromatic N) is 2. The van der Waals surface area contributed by atoms with Gasteiger partial charge in [-0.15, -0.1) is 0 Å². The molecular formula is C24H21N3O. The highest BCUT2D eigenvalue weighted by Crippen LogP contribution is 2.24. The van der Waals surface area contributed by atoms with E-state index in [1.807, 2.05) is 84.4 Å². The van der Waals surface area contributed by atoms with Crippen LogP contribution in [0.15, 0.2) is 91.0 Å². The molecule has 0 aliphatic carbocycles. The number of amides is 1. The van der Waals surface area contributed by atoms with Crippen molar-refractivity contribution in [1.29, 1.82) is 0 Å². The SMILES string of the molecule is Cc1cc(-c2ccccc2)n(-c2ccc(C(=O)NCc3ccccc3)cc2)n1. The smallest absolute Gasteiger partial charge is 0.251 e. The molecule has 1 N–H and O–H groups in total. The normalized spacial score (nSPS) is 10.6. The van der Waals surface area contributed by atoms with Crippen molar-refractivity contribution in [2.75, 3.05) is 0 Å². The van der Waals surface area contributed by atoms with Gasteiger partial charge in [0.25, 0.3) is 5.91 Å². The fraction of sp³-hybridized carbons (Fsp3) is 0.0833. The monoisotopic (exact) mass is 367 g/mol. The number of carbonyl (C=O) groups is 1. The van der Waals surface area contributed by atoms with E-state index in [1.165, 1.54) is 0 Å². The molecule has 4 nitrogen and oxygen atoms in total. The topological polar surface area (TPSA) is 46.9 Å². The predicted octanol–water partition coefficient (Wildman–Crippen LogP) is 4.78. The highest BCUT2D eigenvalue weighted by molar-refractivity contribution is 5.94. The van der Waals surface area contributed by atoms with Gasteiger partial charge in [0.05, 0.1) is 17.1 Å². The van der Waals surface area contributed by atoms with Crippen molar-refractivity contribution >= 4 is 5.91 Å². The second-order valence-corrected chi connectivity index (χ2v) is 6.66. The van der Waals surface area contributed by atoms with E-state index in [2.05, 4.69) is 28.6 Å². The predicted molar refractivity (Wildman–Crippen MR) is 111 cm³/mol. The summed E-state index contributed by atoms with van der Waals surface area (Å²) >= 11 is 0. The summed E-state index contributed by atoms with van der Waals surface area (Å²) in [6.07, 6.45) is 0. The molecule has 0 unspecified atom stereocenters. The van der Waals surface area contributed by atoms with Crippen LogP contribution < -0.4 is 5.32 Å². The van der Waals surface area contributed by atoms with Crippen LogP contribution in [0.1, 0.15) is 21.6 Å². The second kappa shape index (κ2) is 7.92. The number of carbonyl (C=O) groups excluding carboxylic acids is 1. The van der Waals surface area contributed by atoms with Gasteiger partial charge in [-0.25, -0.2) is 4.68 Å². The minimum atomic E-state index is -0.0877. The fourth-order valence-corrected chi connectivity index (χ4v) is 3.15. The van der Waals surface area contributed by atoms with Gasteiger partial charge >= 0.3 is 0 Å². The summed E-state index contributed by atoms with van der Waals surface area (Å²) in [5.74, 6) is -0.0877. The van der Waals surface area contributed by atoms with Crippen LogP contribution in [0, 0.1) is 6.92 Å². The van der Waals surface area contributed by atoms with E-state index in [4.69, 9.17) is 0 Å². The molecule has 28 heavy (non-hydrogen) atoms. The summed E-state index contributed by atoms with van der Waals surface area (Å²) in [4.78, 5) is 12.4. The number of rotatable bonds is 5. The van der Waals surface area contributed by atoms with Gasteiger partial charge in [0.1, 0.15) is 0 Å². The molecule has 0 aliphatic heterocycles. The van der Waals surface area contributed by atoms with Crippen LogP contribution in [0.4, 0.5) is 0 Å². The molecule has 4 rings (SSSR count). The zero-order valence-electron chi connectivity index (χ0n) is 15.7. The van der Waals surface area contributed by atoms with Crippen LogP contribution in [0.5, 0.6) is 0 Å². The Labute approximate surface area is 164 Å². The molecular weight excluding hydrogens is 346 g/mol. The van der Waals surface area contributed by atoms with Gasteiger partial charge in [-0.2, -0.15) is 5.10 Å². The molecule has 0 atom stereocenters. The summed E-state index contributed by atoms with van der Waals surface area (Å²) in [5.41, 5.74) is 5.71. The largest absolute Gasteiger partial charge is 0.348 e. The Kier molecular flexibility index (Phi) is 5.02. The summed E-state index contributed by atoms with van der Waals surface area (Å²) in [6.45, 7) is 2.49. The molecule has 1 amide bonds. The van der Waals surface area contributed by atoms with E-state index in [9.17, 15) is 4.79 Å². The third-order valence-corrected chi connectivity index (χ3v) is 4.57. The van der Waals surface area contributed by atoms with E-state index in [0.717, 1.165) is 28.2 Å². The van der Waals surface area contributed by atoms with Crippen molar-refractivity contribution < 1.29 is 4.79 Å². The molecule has 0 bridgehead atoms. The summed E-state index contributed by atoms with van der Waals surface area (Å²) < 4.78 is 1.91. The zero-order chi connectivity index (χ0) is 19.3. The van der Waals surface area contributed by atoms with Gasteiger partial charge < -0.3 is 5.32 Å². The molecule has 1 aromatic heterocycles. The highest BCUT2D eigenvalue weighted by Gasteiger charge is 2.11. The molecule has 0 fully saturated rings. The van der Waals surface area contributed by atoms with Gasteiger partial charge in [-0.05, 0) is 42.8 Å². The average molecular weight is 367 g/mol. The number of aryl methyl sites for hydroxylation is 1. The summed E-state index contributed by atoms with van der Waals surface area (Å²) in [6, 6.07) is 29.6. The number of nitrogens with one attached hydrogen (secondary N) is 1. The lowest BCUT2D eigenvalue weighted by atomic mass is 10.1. The van der Waals surface area contributed by atoms with Crippen LogP contribution in [-0.2, 0) is 6.54 Å². The van der Waals surface area contributed by atoms with E-state index in [1.54, 1.807) is 0 Å². The van der Waals surface area contributed by atoms with Crippen molar-refractivity contribution in [3.8, 4) is 16.9 Å². The summed E-state index contributed by atoms with van der Waals surface area (Å²) in [5, 5.41) is 7.58. The van der Waals surface area contributed by atoms with Crippen molar-refractivity contribution in [3.05, 3.63) is 108 Å². The Morgan fingerprint density at radius 3 is 2.21 bits per heavy atom. The molecule has 138 valence electrons. The van der Waals surface area contributed by atoms with Crippen molar-refractivity contribution in [2.24, 2.45) is 0 Å². The third kappa shape index (κ3) is 3.86. The van der Waals surface area contributed by atoms with Crippen molar-refractivity contribution in [3.63, 3.8) is 0 Å². The number of aromatic nitrogens is 2. The minimum absolute atomic E-state index is 0.0877. The van der Waals surface area contributed by atoms with Crippen LogP contribution in [0.25, 0.3) is 16.9 Å². The first-order valence-electron chi connectivity index (χ1n) is 9.25. The molecule has 4 heteroatoms. The first-order valence-corrected chi connectivity index (χ1v) is 9.25. The zero-order valence-corrected chi connectivity index (χ0v) is 15.7. The van der Waals surface area contributed by atoms with Crippen LogP contribution in [0.2, 0.25) is 0 Å². The second-order valence-electron chi connectivity index (χ2n) is 6.66. The summed E-state index contributed by atoms with van der Waals surface area (Å²) in [7, 11) is 0. The molecule has 4 aromatic rings. The Morgan fingerprint density at radius 1 is 0.893 bits per heavy atom. The Morgan fingerprint density at radius 2 is 1.54 bits per heavy atom. The Bertz CT molecular complexity index is 1070.